The second kappa shape index (κ2) is 17.3. The second-order valence-electron chi connectivity index (χ2n) is 22.3. The minimum Gasteiger partial charge on any atom is -0.394 e. The molecule has 4 unspecified atom stereocenters. The number of rotatable bonds is 12. The molecule has 12 heteroatoms. The smallest absolute Gasteiger partial charge is 0.184 e. The van der Waals surface area contributed by atoms with E-state index in [2.05, 4.69) is 47.6 Å². The predicted octanol–water partition coefficient (Wildman–Crippen LogP) is 5.00. The molecule has 340 valence electrons. The van der Waals surface area contributed by atoms with Crippen LogP contribution in [-0.4, -0.2) is 129 Å². The van der Waals surface area contributed by atoms with Crippen molar-refractivity contribution in [2.75, 3.05) is 19.8 Å². The molecule has 19 atom stereocenters. The summed E-state index contributed by atoms with van der Waals surface area (Å²) in [5, 5.41) is 74.0. The molecule has 6 fully saturated rings. The number of fused-ring (bicyclic) bond motifs is 5. The Balaban J connectivity index is 1.08. The Bertz CT molecular complexity index is 1470. The van der Waals surface area contributed by atoms with Crippen LogP contribution in [0.2, 0.25) is 0 Å². The van der Waals surface area contributed by atoms with Gasteiger partial charge in [0.1, 0.15) is 12.2 Å². The first-order chi connectivity index (χ1) is 27.6. The van der Waals surface area contributed by atoms with Crippen LogP contribution in [0.4, 0.5) is 0 Å². The Morgan fingerprint density at radius 2 is 1.59 bits per heavy atom. The molecule has 59 heavy (non-hydrogen) atoms. The van der Waals surface area contributed by atoms with Crippen molar-refractivity contribution in [2.45, 2.75) is 212 Å². The summed E-state index contributed by atoms with van der Waals surface area (Å²) >= 11 is 0. The monoisotopic (exact) mass is 837 g/mol. The number of hydrogen-bond donors (Lipinski definition) is 7. The molecule has 4 aliphatic carbocycles. The van der Waals surface area contributed by atoms with E-state index in [0.29, 0.717) is 23.7 Å². The SMILES string of the molecule is C[C@H](CCCC(C)(C)O)C1CC[C@@]2(C)C3CC=C4C(CC[C@H](O[C@@H]5O[C@H](CO[C@@H]6O[C@H](CO)[C@@H](O)C[C@H]6O)C[C@H](O)[C@H]5C5OC[C@H](O)C[C@@H]5O)C4(C)C)[C@]3(C)CC[C@]12C. The molecule has 12 nitrogen and oxygen atoms in total. The normalized spacial score (nSPS) is 49.3. The molecule has 3 heterocycles. The fourth-order valence-corrected chi connectivity index (χ4v) is 14.2. The van der Waals surface area contributed by atoms with Crippen LogP contribution >= 0.6 is 0 Å². The highest BCUT2D eigenvalue weighted by Gasteiger charge is 2.67. The first-order valence-electron chi connectivity index (χ1n) is 23.3. The molecule has 0 aromatic carbocycles. The lowest BCUT2D eigenvalue weighted by Gasteiger charge is -2.66. The highest BCUT2D eigenvalue weighted by atomic mass is 16.7. The Labute approximate surface area is 353 Å². The van der Waals surface area contributed by atoms with Gasteiger partial charge in [0.15, 0.2) is 12.6 Å². The molecule has 7 rings (SSSR count). The van der Waals surface area contributed by atoms with Crippen LogP contribution in [0.25, 0.3) is 0 Å². The Hall–Kier alpha value is -0.740. The van der Waals surface area contributed by atoms with Crippen molar-refractivity contribution in [1.82, 2.24) is 0 Å². The van der Waals surface area contributed by atoms with Gasteiger partial charge in [0, 0.05) is 24.7 Å². The zero-order chi connectivity index (χ0) is 42.9. The van der Waals surface area contributed by atoms with Crippen LogP contribution in [-0.2, 0) is 23.7 Å². The summed E-state index contributed by atoms with van der Waals surface area (Å²) in [6.45, 7) is 18.3. The molecule has 0 amide bonds. The van der Waals surface area contributed by atoms with E-state index in [1.807, 2.05) is 13.8 Å². The summed E-state index contributed by atoms with van der Waals surface area (Å²) in [4.78, 5) is 0. The van der Waals surface area contributed by atoms with Crippen LogP contribution in [0.15, 0.2) is 11.6 Å². The topological polar surface area (TPSA) is 188 Å². The van der Waals surface area contributed by atoms with E-state index in [1.165, 1.54) is 37.7 Å². The lowest BCUT2D eigenvalue weighted by atomic mass is 9.39. The summed E-state index contributed by atoms with van der Waals surface area (Å²) in [6, 6.07) is 0. The molecule has 0 aromatic heterocycles. The number of aliphatic hydroxyl groups excluding tert-OH is 6. The molecule has 3 saturated carbocycles. The summed E-state index contributed by atoms with van der Waals surface area (Å²) in [5.74, 6) is 1.63. The van der Waals surface area contributed by atoms with Crippen LogP contribution in [0, 0.1) is 51.2 Å². The largest absolute Gasteiger partial charge is 0.394 e. The maximum absolute atomic E-state index is 11.8. The number of allylic oxidation sites excluding steroid dienone is 1. The van der Waals surface area contributed by atoms with Crippen molar-refractivity contribution in [3.05, 3.63) is 11.6 Å². The molecule has 0 radical (unpaired) electrons. The van der Waals surface area contributed by atoms with Crippen molar-refractivity contribution in [3.8, 4) is 0 Å². The predicted molar refractivity (Wildman–Crippen MR) is 221 cm³/mol. The maximum atomic E-state index is 11.8. The fourth-order valence-electron chi connectivity index (χ4n) is 14.2. The van der Waals surface area contributed by atoms with Gasteiger partial charge in [-0.25, -0.2) is 0 Å². The van der Waals surface area contributed by atoms with E-state index < -0.39 is 79.5 Å². The van der Waals surface area contributed by atoms with E-state index in [4.69, 9.17) is 23.7 Å². The van der Waals surface area contributed by atoms with Crippen molar-refractivity contribution in [2.24, 2.45) is 51.2 Å². The summed E-state index contributed by atoms with van der Waals surface area (Å²) < 4.78 is 31.4. The summed E-state index contributed by atoms with van der Waals surface area (Å²) in [6.07, 6.45) is 4.28. The second-order valence-corrected chi connectivity index (χ2v) is 22.3. The maximum Gasteiger partial charge on any atom is 0.184 e. The molecule has 0 bridgehead atoms. The summed E-state index contributed by atoms with van der Waals surface area (Å²) in [5.41, 5.74) is 1.21. The molecule has 7 N–H and O–H groups in total. The minimum atomic E-state index is -1.10. The molecule has 0 aromatic rings. The van der Waals surface area contributed by atoms with Crippen molar-refractivity contribution in [3.63, 3.8) is 0 Å². The zero-order valence-electron chi connectivity index (χ0n) is 37.3. The molecule has 3 saturated heterocycles. The lowest BCUT2D eigenvalue weighted by molar-refractivity contribution is -0.322. The van der Waals surface area contributed by atoms with Gasteiger partial charge < -0.3 is 59.4 Å². The Morgan fingerprint density at radius 3 is 2.29 bits per heavy atom. The van der Waals surface area contributed by atoms with Gasteiger partial charge in [-0.2, -0.15) is 0 Å². The Morgan fingerprint density at radius 1 is 0.847 bits per heavy atom. The quantitative estimate of drug-likeness (QED) is 0.131. The summed E-state index contributed by atoms with van der Waals surface area (Å²) in [7, 11) is 0. The standard InChI is InChI=1S/C47H80O12/c1-26(10-9-16-43(2,3)54)29-15-17-47(8)37-13-11-30-31(45(37,6)18-19-46(29,47)7)12-14-38(44(30,4)5)59-42-39(40-34(52)20-27(49)24-55-40)33(51)21-28(57-42)25-56-41-35(53)22-32(50)36(23-48)58-41/h11,26-29,31-42,48-54H,9-10,12-25H2,1-8H3/t26-,27-,28+,29?,31?,32+,33+,34+,35-,36-,37?,38+,39+,40?,41-,42+,45+,46-,47+/m1/s1. The van der Waals surface area contributed by atoms with E-state index in [9.17, 15) is 35.7 Å². The fraction of sp³-hybridized carbons (Fsp3) is 0.957. The lowest BCUT2D eigenvalue weighted by Crippen LogP contribution is -2.61. The number of aliphatic hydroxyl groups is 7. The van der Waals surface area contributed by atoms with Gasteiger partial charge >= 0.3 is 0 Å². The first-order valence-corrected chi connectivity index (χ1v) is 23.3. The molecule has 0 spiro atoms. The van der Waals surface area contributed by atoms with E-state index in [1.54, 1.807) is 0 Å². The van der Waals surface area contributed by atoms with Gasteiger partial charge in [-0.15, -0.1) is 0 Å². The minimum absolute atomic E-state index is 0.00283. The van der Waals surface area contributed by atoms with Crippen molar-refractivity contribution < 1.29 is 59.4 Å². The first kappa shape index (κ1) is 46.3. The highest BCUT2D eigenvalue weighted by Crippen LogP contribution is 2.75. The average Bonchev–Trinajstić information content (AvgIpc) is 3.43. The third-order valence-electron chi connectivity index (χ3n) is 17.8. The average molecular weight is 837 g/mol. The third-order valence-corrected chi connectivity index (χ3v) is 17.8. The van der Waals surface area contributed by atoms with E-state index in [-0.39, 0.29) is 60.2 Å². The van der Waals surface area contributed by atoms with Gasteiger partial charge in [-0.3, -0.25) is 0 Å². The van der Waals surface area contributed by atoms with Gasteiger partial charge in [0.25, 0.3) is 0 Å². The van der Waals surface area contributed by atoms with Crippen molar-refractivity contribution in [1.29, 1.82) is 0 Å². The third kappa shape index (κ3) is 8.64. The number of hydrogen-bond acceptors (Lipinski definition) is 12. The van der Waals surface area contributed by atoms with Gasteiger partial charge in [-0.1, -0.05) is 66.0 Å². The van der Waals surface area contributed by atoms with Gasteiger partial charge in [-0.05, 0) is 105 Å². The van der Waals surface area contributed by atoms with Gasteiger partial charge in [0.05, 0.1) is 74.1 Å². The van der Waals surface area contributed by atoms with Crippen LogP contribution in [0.5, 0.6) is 0 Å². The van der Waals surface area contributed by atoms with E-state index in [0.717, 1.165) is 32.1 Å². The molecule has 3 aliphatic heterocycles. The highest BCUT2D eigenvalue weighted by molar-refractivity contribution is 5.30. The molecular formula is C47H80O12. The molecule has 7 aliphatic rings. The van der Waals surface area contributed by atoms with Crippen LogP contribution < -0.4 is 0 Å². The van der Waals surface area contributed by atoms with Gasteiger partial charge in [0.2, 0.25) is 0 Å². The van der Waals surface area contributed by atoms with Crippen molar-refractivity contribution >= 4 is 0 Å². The zero-order valence-corrected chi connectivity index (χ0v) is 37.3. The Kier molecular flexibility index (Phi) is 13.6. The molecular weight excluding hydrogens is 757 g/mol. The van der Waals surface area contributed by atoms with Crippen LogP contribution in [0.3, 0.4) is 0 Å². The van der Waals surface area contributed by atoms with Crippen LogP contribution in [0.1, 0.15) is 139 Å². The van der Waals surface area contributed by atoms with E-state index >= 15 is 0 Å². The number of ether oxygens (including phenoxy) is 5.